The van der Waals surface area contributed by atoms with Gasteiger partial charge in [-0.15, -0.1) is 0 Å². The predicted molar refractivity (Wildman–Crippen MR) is 259 cm³/mol. The second-order valence-corrected chi connectivity index (χ2v) is 15.8. The third-order valence-electron chi connectivity index (χ3n) is 12.4. The first-order chi connectivity index (χ1) is 30.2. The van der Waals surface area contributed by atoms with Crippen LogP contribution < -0.4 is 5.43 Å². The molecule has 286 valence electrons. The van der Waals surface area contributed by atoms with Gasteiger partial charge < -0.3 is 9.98 Å². The molecular formula is C57H38N4. The Balaban J connectivity index is 0.989. The predicted octanol–water partition coefficient (Wildman–Crippen LogP) is 14.7. The molecule has 0 aliphatic carbocycles. The largest absolute Gasteiger partial charge is 0.309 e. The molecule has 12 rings (SSSR count). The molecule has 0 bridgehead atoms. The summed E-state index contributed by atoms with van der Waals surface area (Å²) in [4.78, 5) is 0. The van der Waals surface area contributed by atoms with Gasteiger partial charge in [0, 0.05) is 27.2 Å². The minimum Gasteiger partial charge on any atom is -0.309 e. The molecule has 0 saturated heterocycles. The lowest BCUT2D eigenvalue weighted by Crippen LogP contribution is -2.14. The Bertz CT molecular complexity index is 3700. The van der Waals surface area contributed by atoms with Crippen molar-refractivity contribution in [1.29, 1.82) is 5.41 Å². The van der Waals surface area contributed by atoms with E-state index in [1.807, 2.05) is 54.6 Å². The lowest BCUT2D eigenvalue weighted by atomic mass is 9.94. The molecule has 0 aliphatic heterocycles. The molecule has 0 saturated carbocycles. The third kappa shape index (κ3) is 5.65. The second-order valence-electron chi connectivity index (χ2n) is 15.8. The number of para-hydroxylation sites is 2. The molecule has 4 heteroatoms. The van der Waals surface area contributed by atoms with Crippen molar-refractivity contribution >= 4 is 87.3 Å². The van der Waals surface area contributed by atoms with Crippen LogP contribution in [-0.2, 0) is 0 Å². The van der Waals surface area contributed by atoms with Gasteiger partial charge >= 0.3 is 0 Å². The van der Waals surface area contributed by atoms with Gasteiger partial charge in [-0.3, -0.25) is 10.1 Å². The smallest absolute Gasteiger partial charge is 0.0710 e. The standard InChI is InChI=1S/C57H38N4/c58-52(37-15-3-1-4-16-37)36-53(38-17-5-2-6-18-38)59-61-56-26-14-12-24-48(56)51-34-40(28-32-57(51)61)39-27-31-55-50(33-39)47-23-11-13-25-54(47)60(55)41-29-30-46-44-21-8-7-19-42(44)43-20-9-10-22-45(43)49(46)35-41/h1-36,58-59H/b53-36-,58-52?. The van der Waals surface area contributed by atoms with E-state index in [1.54, 1.807) is 0 Å². The van der Waals surface area contributed by atoms with E-state index in [1.165, 1.54) is 59.7 Å². The van der Waals surface area contributed by atoms with Crippen LogP contribution in [0.5, 0.6) is 0 Å². The Morgan fingerprint density at radius 2 is 0.803 bits per heavy atom. The molecule has 2 heterocycles. The molecule has 0 radical (unpaired) electrons. The SMILES string of the molecule is N=C(/C=C(\Nn1c2ccccc2c2cc(-c3ccc4c(c3)c3ccccc3n4-c3ccc4c5ccccc5c5ccccc5c4c3)ccc21)c1ccccc1)c1ccccc1. The number of hydrogen-bond donors (Lipinski definition) is 2. The number of hydrogen-bond acceptors (Lipinski definition) is 2. The fourth-order valence-electron chi connectivity index (χ4n) is 9.50. The van der Waals surface area contributed by atoms with Gasteiger partial charge in [0.1, 0.15) is 0 Å². The maximum absolute atomic E-state index is 9.01. The van der Waals surface area contributed by atoms with Gasteiger partial charge in [0.05, 0.1) is 33.5 Å². The fourth-order valence-corrected chi connectivity index (χ4v) is 9.50. The molecule has 0 unspecified atom stereocenters. The molecule has 0 aliphatic rings. The van der Waals surface area contributed by atoms with Crippen LogP contribution in [-0.4, -0.2) is 15.0 Å². The monoisotopic (exact) mass is 778 g/mol. The number of benzene rings is 10. The molecule has 0 spiro atoms. The number of fused-ring (bicyclic) bond motifs is 12. The summed E-state index contributed by atoms with van der Waals surface area (Å²) in [5, 5.41) is 21.4. The minimum absolute atomic E-state index is 0.439. The number of aromatic nitrogens is 2. The van der Waals surface area contributed by atoms with Crippen LogP contribution in [0, 0.1) is 5.41 Å². The zero-order chi connectivity index (χ0) is 40.4. The molecule has 12 aromatic rings. The minimum atomic E-state index is 0.439. The Kier molecular flexibility index (Phi) is 7.97. The maximum atomic E-state index is 9.01. The molecule has 2 N–H and O–H groups in total. The van der Waals surface area contributed by atoms with Gasteiger partial charge in [0.15, 0.2) is 0 Å². The van der Waals surface area contributed by atoms with Gasteiger partial charge in [-0.05, 0) is 109 Å². The molecule has 10 aromatic carbocycles. The summed E-state index contributed by atoms with van der Waals surface area (Å²) in [6.07, 6.45) is 1.92. The second kappa shape index (κ2) is 14.0. The van der Waals surface area contributed by atoms with Crippen LogP contribution in [0.1, 0.15) is 11.1 Å². The van der Waals surface area contributed by atoms with Crippen molar-refractivity contribution in [2.45, 2.75) is 0 Å². The molecule has 0 atom stereocenters. The summed E-state index contributed by atoms with van der Waals surface area (Å²) >= 11 is 0. The normalized spacial score (nSPS) is 12.1. The Labute approximate surface area is 352 Å². The number of nitrogens with one attached hydrogen (secondary N) is 2. The van der Waals surface area contributed by atoms with Crippen molar-refractivity contribution in [3.05, 3.63) is 230 Å². The summed E-state index contributed by atoms with van der Waals surface area (Å²) in [6, 6.07) is 75.7. The van der Waals surface area contributed by atoms with Crippen LogP contribution in [0.2, 0.25) is 0 Å². The van der Waals surface area contributed by atoms with E-state index in [0.717, 1.165) is 49.9 Å². The molecule has 61 heavy (non-hydrogen) atoms. The van der Waals surface area contributed by atoms with E-state index in [-0.39, 0.29) is 0 Å². The summed E-state index contributed by atoms with van der Waals surface area (Å²) < 4.78 is 4.59. The summed E-state index contributed by atoms with van der Waals surface area (Å²) in [7, 11) is 0. The topological polar surface area (TPSA) is 45.7 Å². The quantitative estimate of drug-likeness (QED) is 0.123. The van der Waals surface area contributed by atoms with Gasteiger partial charge in [0.25, 0.3) is 0 Å². The van der Waals surface area contributed by atoms with E-state index < -0.39 is 0 Å². The Morgan fingerprint density at radius 1 is 0.361 bits per heavy atom. The molecule has 2 aromatic heterocycles. The Hall–Kier alpha value is -8.21. The highest BCUT2D eigenvalue weighted by Crippen LogP contribution is 2.40. The van der Waals surface area contributed by atoms with E-state index in [4.69, 9.17) is 5.41 Å². The maximum Gasteiger partial charge on any atom is 0.0710 e. The van der Waals surface area contributed by atoms with Crippen molar-refractivity contribution in [1.82, 2.24) is 9.24 Å². The van der Waals surface area contributed by atoms with Crippen LogP contribution in [0.15, 0.2) is 218 Å². The first kappa shape index (κ1) is 34.8. The summed E-state index contributed by atoms with van der Waals surface area (Å²) in [5.74, 6) is 0. The fraction of sp³-hybridized carbons (Fsp3) is 0. The average molecular weight is 779 g/mol. The van der Waals surface area contributed by atoms with E-state index in [2.05, 4.69) is 178 Å². The first-order valence-corrected chi connectivity index (χ1v) is 20.8. The number of nitrogens with zero attached hydrogens (tertiary/aromatic N) is 2. The van der Waals surface area contributed by atoms with Gasteiger partial charge in [-0.2, -0.15) is 0 Å². The van der Waals surface area contributed by atoms with Crippen LogP contribution >= 0.6 is 0 Å². The summed E-state index contributed by atoms with van der Waals surface area (Å²) in [5.41, 5.74) is 14.9. The van der Waals surface area contributed by atoms with Crippen molar-refractivity contribution in [3.8, 4) is 16.8 Å². The Morgan fingerprint density at radius 3 is 1.44 bits per heavy atom. The highest BCUT2D eigenvalue weighted by Gasteiger charge is 2.18. The molecular weight excluding hydrogens is 741 g/mol. The lowest BCUT2D eigenvalue weighted by Gasteiger charge is -2.16. The van der Waals surface area contributed by atoms with Gasteiger partial charge in [0.2, 0.25) is 0 Å². The first-order valence-electron chi connectivity index (χ1n) is 20.8. The highest BCUT2D eigenvalue weighted by atomic mass is 15.4. The van der Waals surface area contributed by atoms with Crippen LogP contribution in [0.4, 0.5) is 0 Å². The lowest BCUT2D eigenvalue weighted by molar-refractivity contribution is 1.06. The molecule has 0 fully saturated rings. The number of rotatable bonds is 7. The third-order valence-corrected chi connectivity index (χ3v) is 12.4. The molecule has 4 nitrogen and oxygen atoms in total. The van der Waals surface area contributed by atoms with Crippen molar-refractivity contribution in [3.63, 3.8) is 0 Å². The van der Waals surface area contributed by atoms with Crippen LogP contribution in [0.25, 0.3) is 98.4 Å². The average Bonchev–Trinajstić information content (AvgIpc) is 3.83. The highest BCUT2D eigenvalue weighted by molar-refractivity contribution is 6.26. The van der Waals surface area contributed by atoms with Crippen LogP contribution in [0.3, 0.4) is 0 Å². The van der Waals surface area contributed by atoms with Gasteiger partial charge in [-0.1, -0.05) is 164 Å². The van der Waals surface area contributed by atoms with Crippen molar-refractivity contribution in [2.75, 3.05) is 5.43 Å². The van der Waals surface area contributed by atoms with E-state index in [0.29, 0.717) is 5.71 Å². The van der Waals surface area contributed by atoms with Crippen molar-refractivity contribution < 1.29 is 0 Å². The van der Waals surface area contributed by atoms with E-state index in [9.17, 15) is 0 Å². The van der Waals surface area contributed by atoms with Gasteiger partial charge in [-0.25, -0.2) is 0 Å². The van der Waals surface area contributed by atoms with E-state index >= 15 is 0 Å². The van der Waals surface area contributed by atoms with Crippen molar-refractivity contribution in [2.24, 2.45) is 0 Å². The summed E-state index contributed by atoms with van der Waals surface area (Å²) in [6.45, 7) is 0. The zero-order valence-corrected chi connectivity index (χ0v) is 33.2. The number of allylic oxidation sites excluding steroid dienone is 1. The zero-order valence-electron chi connectivity index (χ0n) is 33.2. The molecule has 0 amide bonds.